The topological polar surface area (TPSA) is 29.5 Å². The summed E-state index contributed by atoms with van der Waals surface area (Å²) in [5.41, 5.74) is 1.00. The van der Waals surface area contributed by atoms with Crippen LogP contribution >= 0.6 is 15.9 Å². The first-order valence-corrected chi connectivity index (χ1v) is 6.65. The summed E-state index contributed by atoms with van der Waals surface area (Å²) in [5.74, 6) is 0.936. The smallest absolute Gasteiger partial charge is 0.226 e. The van der Waals surface area contributed by atoms with E-state index in [4.69, 9.17) is 4.74 Å². The molecule has 0 fully saturated rings. The summed E-state index contributed by atoms with van der Waals surface area (Å²) in [6, 6.07) is 7.79. The molecule has 0 aliphatic heterocycles. The lowest BCUT2D eigenvalue weighted by atomic mass is 10.1. The zero-order valence-electron chi connectivity index (χ0n) is 10.4. The van der Waals surface area contributed by atoms with Crippen molar-refractivity contribution in [2.75, 3.05) is 19.5 Å². The van der Waals surface area contributed by atoms with Gasteiger partial charge in [0.25, 0.3) is 0 Å². The summed E-state index contributed by atoms with van der Waals surface area (Å²) in [5, 5.41) is 0.790. The first-order chi connectivity index (χ1) is 8.08. The van der Waals surface area contributed by atoms with Crippen LogP contribution in [0.2, 0.25) is 0 Å². The minimum atomic E-state index is 0.127. The molecule has 0 aliphatic rings. The molecule has 0 saturated heterocycles. The number of likely N-dealkylation sites (N-methyl/N-ethyl adjacent to an activating group) is 1. The van der Waals surface area contributed by atoms with Gasteiger partial charge in [0, 0.05) is 18.4 Å². The van der Waals surface area contributed by atoms with Crippen molar-refractivity contribution in [1.82, 2.24) is 4.90 Å². The molecular formula is C13H18BrNO2. The number of hydrogen-bond donors (Lipinski definition) is 0. The van der Waals surface area contributed by atoms with E-state index in [-0.39, 0.29) is 11.9 Å². The molecule has 94 valence electrons. The minimum absolute atomic E-state index is 0.127. The molecule has 0 bridgehead atoms. The Kier molecular flexibility index (Phi) is 5.48. The summed E-state index contributed by atoms with van der Waals surface area (Å²) < 4.78 is 5.08. The molecule has 0 spiro atoms. The molecular weight excluding hydrogens is 282 g/mol. The Bertz CT molecular complexity index is 364. The van der Waals surface area contributed by atoms with Gasteiger partial charge in [0.2, 0.25) is 5.91 Å². The third-order valence-corrected chi connectivity index (χ3v) is 3.73. The number of alkyl halides is 1. The van der Waals surface area contributed by atoms with E-state index in [9.17, 15) is 4.79 Å². The van der Waals surface area contributed by atoms with E-state index in [1.807, 2.05) is 38.2 Å². The summed E-state index contributed by atoms with van der Waals surface area (Å²) >= 11 is 3.38. The minimum Gasteiger partial charge on any atom is -0.497 e. The van der Waals surface area contributed by atoms with E-state index in [1.54, 1.807) is 12.0 Å². The number of amides is 1. The number of carbonyl (C=O) groups is 1. The lowest BCUT2D eigenvalue weighted by Crippen LogP contribution is -2.37. The second-order valence-corrected chi connectivity index (χ2v) is 4.68. The van der Waals surface area contributed by atoms with Crippen LogP contribution in [0.5, 0.6) is 5.75 Å². The van der Waals surface area contributed by atoms with E-state index >= 15 is 0 Å². The van der Waals surface area contributed by atoms with Crippen molar-refractivity contribution in [3.63, 3.8) is 0 Å². The van der Waals surface area contributed by atoms with Crippen LogP contribution in [0.1, 0.15) is 12.5 Å². The number of carbonyl (C=O) groups excluding carboxylic acids is 1. The highest BCUT2D eigenvalue weighted by atomic mass is 79.9. The highest BCUT2D eigenvalue weighted by molar-refractivity contribution is 9.09. The number of benzene rings is 1. The molecule has 0 heterocycles. The number of methoxy groups -OCH3 is 1. The Morgan fingerprint density at radius 1 is 1.41 bits per heavy atom. The van der Waals surface area contributed by atoms with Gasteiger partial charge in [-0.3, -0.25) is 4.79 Å². The van der Waals surface area contributed by atoms with Gasteiger partial charge in [-0.15, -0.1) is 0 Å². The Balaban J connectivity index is 2.61. The quantitative estimate of drug-likeness (QED) is 0.782. The van der Waals surface area contributed by atoms with Crippen LogP contribution < -0.4 is 4.74 Å². The van der Waals surface area contributed by atoms with Crippen LogP contribution in [0.3, 0.4) is 0 Å². The maximum Gasteiger partial charge on any atom is 0.226 e. The average molecular weight is 300 g/mol. The molecule has 1 atom stereocenters. The predicted molar refractivity (Wildman–Crippen MR) is 72.7 cm³/mol. The Morgan fingerprint density at radius 2 is 2.00 bits per heavy atom. The molecule has 0 radical (unpaired) electrons. The van der Waals surface area contributed by atoms with Gasteiger partial charge in [0.05, 0.1) is 13.5 Å². The van der Waals surface area contributed by atoms with Gasteiger partial charge in [-0.1, -0.05) is 28.1 Å². The monoisotopic (exact) mass is 299 g/mol. The zero-order chi connectivity index (χ0) is 12.8. The van der Waals surface area contributed by atoms with E-state index in [0.717, 1.165) is 16.6 Å². The molecule has 0 aliphatic carbocycles. The van der Waals surface area contributed by atoms with Crippen LogP contribution in [0.4, 0.5) is 0 Å². The third kappa shape index (κ3) is 4.04. The largest absolute Gasteiger partial charge is 0.497 e. The van der Waals surface area contributed by atoms with Crippen molar-refractivity contribution >= 4 is 21.8 Å². The van der Waals surface area contributed by atoms with Crippen molar-refractivity contribution in [2.45, 2.75) is 19.4 Å². The van der Waals surface area contributed by atoms with Gasteiger partial charge in [-0.25, -0.2) is 0 Å². The first kappa shape index (κ1) is 14.0. The number of ether oxygens (including phenoxy) is 1. The summed E-state index contributed by atoms with van der Waals surface area (Å²) in [7, 11) is 3.46. The van der Waals surface area contributed by atoms with Crippen LogP contribution in [-0.4, -0.2) is 36.3 Å². The molecule has 3 nitrogen and oxygen atoms in total. The lowest BCUT2D eigenvalue weighted by Gasteiger charge is -2.23. The number of rotatable bonds is 5. The van der Waals surface area contributed by atoms with E-state index in [1.165, 1.54) is 0 Å². The van der Waals surface area contributed by atoms with E-state index in [0.29, 0.717) is 6.42 Å². The third-order valence-electron chi connectivity index (χ3n) is 2.79. The van der Waals surface area contributed by atoms with E-state index in [2.05, 4.69) is 15.9 Å². The van der Waals surface area contributed by atoms with Crippen molar-refractivity contribution in [1.29, 1.82) is 0 Å². The maximum absolute atomic E-state index is 11.9. The molecule has 0 aromatic heterocycles. The fraction of sp³-hybridized carbons (Fsp3) is 0.462. The molecule has 17 heavy (non-hydrogen) atoms. The van der Waals surface area contributed by atoms with Gasteiger partial charge in [0.1, 0.15) is 5.75 Å². The van der Waals surface area contributed by atoms with Crippen LogP contribution in [0, 0.1) is 0 Å². The SMILES string of the molecule is COc1ccc(CC(=O)N(C)C(C)CBr)cc1. The highest BCUT2D eigenvalue weighted by Gasteiger charge is 2.14. The molecule has 0 saturated carbocycles. The van der Waals surface area contributed by atoms with Crippen molar-refractivity contribution in [3.05, 3.63) is 29.8 Å². The average Bonchev–Trinajstić information content (AvgIpc) is 2.37. The highest BCUT2D eigenvalue weighted by Crippen LogP contribution is 2.12. The van der Waals surface area contributed by atoms with E-state index < -0.39 is 0 Å². The predicted octanol–water partition coefficient (Wildman–Crippen LogP) is 2.48. The standard InChI is InChI=1S/C13H18BrNO2/c1-10(9-14)15(2)13(16)8-11-4-6-12(17-3)7-5-11/h4-7,10H,8-9H2,1-3H3. The van der Waals surface area contributed by atoms with Gasteiger partial charge in [-0.05, 0) is 24.6 Å². The lowest BCUT2D eigenvalue weighted by molar-refractivity contribution is -0.130. The van der Waals surface area contributed by atoms with Crippen molar-refractivity contribution in [3.8, 4) is 5.75 Å². The van der Waals surface area contributed by atoms with Gasteiger partial charge in [0.15, 0.2) is 0 Å². The molecule has 1 amide bonds. The van der Waals surface area contributed by atoms with Crippen LogP contribution in [-0.2, 0) is 11.2 Å². The fourth-order valence-electron chi connectivity index (χ4n) is 1.39. The van der Waals surface area contributed by atoms with Crippen molar-refractivity contribution in [2.24, 2.45) is 0 Å². The van der Waals surface area contributed by atoms with Crippen LogP contribution in [0.25, 0.3) is 0 Å². The Labute approximate surface area is 111 Å². The Morgan fingerprint density at radius 3 is 2.47 bits per heavy atom. The first-order valence-electron chi connectivity index (χ1n) is 5.53. The maximum atomic E-state index is 11.9. The molecule has 4 heteroatoms. The molecule has 1 unspecified atom stereocenters. The second-order valence-electron chi connectivity index (χ2n) is 4.03. The summed E-state index contributed by atoms with van der Waals surface area (Å²) in [6.07, 6.45) is 0.428. The number of nitrogens with zero attached hydrogens (tertiary/aromatic N) is 1. The second kappa shape index (κ2) is 6.64. The van der Waals surface area contributed by atoms with Gasteiger partial charge >= 0.3 is 0 Å². The number of hydrogen-bond acceptors (Lipinski definition) is 2. The summed E-state index contributed by atoms with van der Waals surface area (Å²) in [4.78, 5) is 13.7. The zero-order valence-corrected chi connectivity index (χ0v) is 12.0. The van der Waals surface area contributed by atoms with Crippen molar-refractivity contribution < 1.29 is 9.53 Å². The Hall–Kier alpha value is -1.03. The molecule has 1 aromatic rings. The summed E-state index contributed by atoms with van der Waals surface area (Å²) in [6.45, 7) is 2.01. The number of halogens is 1. The van der Waals surface area contributed by atoms with Crippen LogP contribution in [0.15, 0.2) is 24.3 Å². The molecule has 1 rings (SSSR count). The van der Waals surface area contributed by atoms with Gasteiger partial charge in [-0.2, -0.15) is 0 Å². The normalized spacial score (nSPS) is 12.0. The fourth-order valence-corrected chi connectivity index (χ4v) is 1.83. The molecule has 0 N–H and O–H groups in total. The van der Waals surface area contributed by atoms with Gasteiger partial charge < -0.3 is 9.64 Å². The molecule has 1 aromatic carbocycles.